The Morgan fingerprint density at radius 1 is 0.781 bits per heavy atom. The molecule has 0 saturated heterocycles. The Kier molecular flexibility index (Phi) is 6.17. The van der Waals surface area contributed by atoms with Gasteiger partial charge in [-0.05, 0) is 62.2 Å². The molecule has 164 valence electrons. The van der Waals surface area contributed by atoms with Gasteiger partial charge in [-0.15, -0.1) is 0 Å². The molecule has 1 heterocycles. The second-order valence-electron chi connectivity index (χ2n) is 7.79. The lowest BCUT2D eigenvalue weighted by Gasteiger charge is -2.14. The summed E-state index contributed by atoms with van der Waals surface area (Å²) in [6.07, 6.45) is 0. The van der Waals surface area contributed by atoms with Gasteiger partial charge in [0.1, 0.15) is 30.3 Å². The van der Waals surface area contributed by atoms with Gasteiger partial charge in [0.15, 0.2) is 5.76 Å². The van der Waals surface area contributed by atoms with Crippen molar-refractivity contribution in [1.82, 2.24) is 0 Å². The van der Waals surface area contributed by atoms with E-state index < -0.39 is 0 Å². The van der Waals surface area contributed by atoms with Crippen molar-refractivity contribution in [2.75, 3.05) is 20.3 Å². The van der Waals surface area contributed by atoms with E-state index in [2.05, 4.69) is 0 Å². The molecule has 0 radical (unpaired) electrons. The van der Waals surface area contributed by atoms with Gasteiger partial charge in [-0.25, -0.2) is 0 Å². The normalized spacial score (nSPS) is 10.9. The van der Waals surface area contributed by atoms with E-state index in [1.165, 1.54) is 0 Å². The van der Waals surface area contributed by atoms with Gasteiger partial charge in [-0.1, -0.05) is 35.9 Å². The van der Waals surface area contributed by atoms with E-state index in [4.69, 9.17) is 18.6 Å². The number of fused-ring (bicyclic) bond motifs is 1. The number of hydrogen-bond acceptors (Lipinski definition) is 5. The quantitative estimate of drug-likeness (QED) is 0.344. The fourth-order valence-corrected chi connectivity index (χ4v) is 3.63. The van der Waals surface area contributed by atoms with Gasteiger partial charge >= 0.3 is 0 Å². The summed E-state index contributed by atoms with van der Waals surface area (Å²) in [5.41, 5.74) is 4.23. The smallest absolute Gasteiger partial charge is 0.235 e. The second kappa shape index (κ2) is 9.18. The van der Waals surface area contributed by atoms with E-state index >= 15 is 0 Å². The minimum atomic E-state index is -0.182. The number of methoxy groups -OCH3 is 1. The molecule has 0 bridgehead atoms. The average molecular weight is 431 g/mol. The van der Waals surface area contributed by atoms with Crippen LogP contribution < -0.4 is 19.6 Å². The van der Waals surface area contributed by atoms with Gasteiger partial charge < -0.3 is 18.6 Å². The van der Waals surface area contributed by atoms with Gasteiger partial charge in [-0.2, -0.15) is 0 Å². The van der Waals surface area contributed by atoms with E-state index in [9.17, 15) is 4.79 Å². The third-order valence-electron chi connectivity index (χ3n) is 5.25. The molecule has 0 saturated carbocycles. The molecule has 32 heavy (non-hydrogen) atoms. The minimum absolute atomic E-state index is 0.182. The fourth-order valence-electron chi connectivity index (χ4n) is 3.63. The highest BCUT2D eigenvalue weighted by molar-refractivity contribution is 5.85. The lowest BCUT2D eigenvalue weighted by atomic mass is 10.0. The van der Waals surface area contributed by atoms with Crippen LogP contribution in [0.4, 0.5) is 0 Å². The van der Waals surface area contributed by atoms with Crippen LogP contribution in [0.2, 0.25) is 0 Å². The molecule has 0 atom stereocenters. The van der Waals surface area contributed by atoms with E-state index in [0.717, 1.165) is 28.0 Å². The van der Waals surface area contributed by atoms with E-state index in [-0.39, 0.29) is 24.4 Å². The molecule has 0 N–H and O–H groups in total. The molecule has 0 unspecified atom stereocenters. The first-order valence-corrected chi connectivity index (χ1v) is 10.5. The summed E-state index contributed by atoms with van der Waals surface area (Å²) in [6.45, 7) is 6.40. The Hall–Kier alpha value is -3.73. The minimum Gasteiger partial charge on any atom is -0.497 e. The number of ether oxygens (including phenoxy) is 3. The maximum atomic E-state index is 13.4. The maximum Gasteiger partial charge on any atom is 0.235 e. The van der Waals surface area contributed by atoms with Crippen molar-refractivity contribution in [3.05, 3.63) is 87.6 Å². The summed E-state index contributed by atoms with van der Waals surface area (Å²) in [4.78, 5) is 13.4. The molecular formula is C27H26O5. The first-order valence-electron chi connectivity index (χ1n) is 10.5. The van der Waals surface area contributed by atoms with E-state index in [1.54, 1.807) is 7.11 Å². The van der Waals surface area contributed by atoms with Crippen molar-refractivity contribution < 1.29 is 18.6 Å². The van der Waals surface area contributed by atoms with Gasteiger partial charge in [0.2, 0.25) is 11.2 Å². The zero-order chi connectivity index (χ0) is 22.7. The van der Waals surface area contributed by atoms with Crippen molar-refractivity contribution in [2.24, 2.45) is 0 Å². The summed E-state index contributed by atoms with van der Waals surface area (Å²) >= 11 is 0. The first kappa shape index (κ1) is 21.5. The predicted molar refractivity (Wildman–Crippen MR) is 126 cm³/mol. The molecular weight excluding hydrogens is 404 g/mol. The van der Waals surface area contributed by atoms with Crippen LogP contribution in [-0.4, -0.2) is 20.3 Å². The fraction of sp³-hybridized carbons (Fsp3) is 0.222. The topological polar surface area (TPSA) is 57.9 Å². The molecule has 5 heteroatoms. The van der Waals surface area contributed by atoms with E-state index in [0.29, 0.717) is 22.5 Å². The van der Waals surface area contributed by atoms with Crippen LogP contribution >= 0.6 is 0 Å². The first-order chi connectivity index (χ1) is 15.5. The molecule has 0 amide bonds. The summed E-state index contributed by atoms with van der Waals surface area (Å²) < 4.78 is 23.1. The van der Waals surface area contributed by atoms with Crippen molar-refractivity contribution in [1.29, 1.82) is 0 Å². The van der Waals surface area contributed by atoms with Gasteiger partial charge in [-0.3, -0.25) is 4.79 Å². The third kappa shape index (κ3) is 4.47. The van der Waals surface area contributed by atoms with E-state index in [1.807, 2.05) is 81.4 Å². The molecule has 0 fully saturated rings. The van der Waals surface area contributed by atoms with Crippen LogP contribution in [0.25, 0.3) is 22.3 Å². The lowest BCUT2D eigenvalue weighted by molar-refractivity contribution is 0.214. The average Bonchev–Trinajstić information content (AvgIpc) is 2.79. The summed E-state index contributed by atoms with van der Waals surface area (Å²) in [5, 5.41) is 0.518. The van der Waals surface area contributed by atoms with Gasteiger partial charge in [0.25, 0.3) is 0 Å². The molecule has 4 rings (SSSR count). The second-order valence-corrected chi connectivity index (χ2v) is 7.79. The Morgan fingerprint density at radius 3 is 2.12 bits per heavy atom. The highest BCUT2D eigenvalue weighted by Crippen LogP contribution is 2.32. The summed E-state index contributed by atoms with van der Waals surface area (Å²) in [5.74, 6) is 2.09. The molecule has 0 aliphatic carbocycles. The van der Waals surface area contributed by atoms with Crippen molar-refractivity contribution in [3.8, 4) is 28.6 Å². The highest BCUT2D eigenvalue weighted by Gasteiger charge is 2.19. The zero-order valence-electron chi connectivity index (χ0n) is 18.7. The monoisotopic (exact) mass is 430 g/mol. The molecule has 0 aliphatic heterocycles. The molecule has 1 aromatic heterocycles. The molecule has 4 aromatic rings. The van der Waals surface area contributed by atoms with Crippen LogP contribution in [-0.2, 0) is 0 Å². The number of rotatable bonds is 7. The van der Waals surface area contributed by atoms with Crippen LogP contribution in [0.5, 0.6) is 17.2 Å². The molecule has 5 nitrogen and oxygen atoms in total. The highest BCUT2D eigenvalue weighted by atomic mass is 16.5. The summed E-state index contributed by atoms with van der Waals surface area (Å²) in [6, 6.07) is 19.0. The summed E-state index contributed by atoms with van der Waals surface area (Å²) in [7, 11) is 1.62. The number of benzene rings is 3. The number of hydrogen-bond donors (Lipinski definition) is 0. The van der Waals surface area contributed by atoms with Crippen molar-refractivity contribution >= 4 is 11.0 Å². The largest absolute Gasteiger partial charge is 0.497 e. The van der Waals surface area contributed by atoms with Crippen LogP contribution in [0.3, 0.4) is 0 Å². The van der Waals surface area contributed by atoms with Crippen molar-refractivity contribution in [3.63, 3.8) is 0 Å². The SMILES string of the molecule is COc1ccc(OCCOc2c(-c3ccc(C)cc3)oc3c(C)cc(C)cc3c2=O)cc1. The third-order valence-corrected chi connectivity index (χ3v) is 5.25. The van der Waals surface area contributed by atoms with Crippen LogP contribution in [0, 0.1) is 20.8 Å². The Labute approximate surface area is 187 Å². The zero-order valence-corrected chi connectivity index (χ0v) is 18.7. The lowest BCUT2D eigenvalue weighted by Crippen LogP contribution is -2.15. The molecule has 0 spiro atoms. The van der Waals surface area contributed by atoms with Crippen LogP contribution in [0.1, 0.15) is 16.7 Å². The Morgan fingerprint density at radius 2 is 1.44 bits per heavy atom. The van der Waals surface area contributed by atoms with Crippen LogP contribution in [0.15, 0.2) is 69.9 Å². The molecule has 0 aliphatic rings. The Bertz CT molecular complexity index is 1290. The standard InChI is InChI=1S/C27H26O5/c1-17-5-7-20(8-6-17)26-27(24(28)23-16-18(2)15-19(3)25(23)32-26)31-14-13-30-22-11-9-21(29-4)10-12-22/h5-12,15-16H,13-14H2,1-4H3. The predicted octanol–water partition coefficient (Wildman–Crippen LogP) is 5.85. The van der Waals surface area contributed by atoms with Gasteiger partial charge in [0.05, 0.1) is 12.5 Å². The maximum absolute atomic E-state index is 13.4. The Balaban J connectivity index is 1.64. The molecule has 3 aromatic carbocycles. The number of aryl methyl sites for hydroxylation is 3. The van der Waals surface area contributed by atoms with Gasteiger partial charge in [0, 0.05) is 5.56 Å². The van der Waals surface area contributed by atoms with Crippen molar-refractivity contribution in [2.45, 2.75) is 20.8 Å².